The molecule has 3 rings (SSSR count). The average molecular weight is 308 g/mol. The average Bonchev–Trinajstić information content (AvgIpc) is 3.00. The fraction of sp³-hybridized carbons (Fsp3) is 0.385. The third-order valence-corrected chi connectivity index (χ3v) is 3.86. The molecule has 1 saturated heterocycles. The quantitative estimate of drug-likeness (QED) is 0.925. The molecule has 1 aliphatic rings. The van der Waals surface area contributed by atoms with Gasteiger partial charge in [-0.05, 0) is 54.4 Å². The third kappa shape index (κ3) is 2.20. The molecule has 0 aliphatic carbocycles. The molecule has 0 amide bonds. The molecule has 1 fully saturated rings. The lowest BCUT2D eigenvalue weighted by molar-refractivity contribution is 0.412. The maximum atomic E-state index is 5.37. The zero-order valence-corrected chi connectivity index (χ0v) is 11.7. The van der Waals surface area contributed by atoms with Gasteiger partial charge in [-0.15, -0.1) is 0 Å². The monoisotopic (exact) mass is 307 g/mol. The van der Waals surface area contributed by atoms with Crippen molar-refractivity contribution >= 4 is 15.9 Å². The summed E-state index contributed by atoms with van der Waals surface area (Å²) in [7, 11) is 0. The summed E-state index contributed by atoms with van der Waals surface area (Å²) in [6.45, 7) is 3.08. The predicted octanol–water partition coefficient (Wildman–Crippen LogP) is 3.23. The second-order valence-electron chi connectivity index (χ2n) is 4.59. The lowest BCUT2D eigenvalue weighted by Crippen LogP contribution is -2.14. The first-order chi connectivity index (χ1) is 8.74. The van der Waals surface area contributed by atoms with Crippen LogP contribution in [0.15, 0.2) is 27.2 Å². The Bertz CT molecular complexity index is 561. The van der Waals surface area contributed by atoms with Crippen molar-refractivity contribution < 1.29 is 4.52 Å². The van der Waals surface area contributed by atoms with Gasteiger partial charge in [-0.3, -0.25) is 0 Å². The number of halogens is 1. The highest BCUT2D eigenvalue weighted by Crippen LogP contribution is 2.29. The highest BCUT2D eigenvalue weighted by molar-refractivity contribution is 9.10. The predicted molar refractivity (Wildman–Crippen MR) is 72.1 cm³/mol. The molecule has 1 aromatic carbocycles. The molecule has 0 bridgehead atoms. The van der Waals surface area contributed by atoms with Crippen LogP contribution >= 0.6 is 15.9 Å². The largest absolute Gasteiger partial charge is 0.334 e. The van der Waals surface area contributed by atoms with E-state index in [0.29, 0.717) is 5.89 Å². The highest BCUT2D eigenvalue weighted by Gasteiger charge is 2.22. The number of benzene rings is 1. The van der Waals surface area contributed by atoms with Gasteiger partial charge in [0.1, 0.15) is 0 Å². The molecule has 0 radical (unpaired) electrons. The molecular weight excluding hydrogens is 294 g/mol. The Kier molecular flexibility index (Phi) is 3.18. The number of nitrogens with zero attached hydrogens (tertiary/aromatic N) is 2. The maximum absolute atomic E-state index is 5.37. The number of nitrogens with one attached hydrogen (secondary N) is 1. The van der Waals surface area contributed by atoms with Gasteiger partial charge in [-0.1, -0.05) is 16.8 Å². The summed E-state index contributed by atoms with van der Waals surface area (Å²) in [6, 6.07) is 6.33. The second-order valence-corrected chi connectivity index (χ2v) is 5.44. The number of hydrogen-bond donors (Lipinski definition) is 1. The minimum absolute atomic E-state index is 0.242. The minimum Gasteiger partial charge on any atom is -0.334 e. The van der Waals surface area contributed by atoms with Gasteiger partial charge >= 0.3 is 0 Å². The summed E-state index contributed by atoms with van der Waals surface area (Å²) in [5.74, 6) is 1.34. The molecule has 94 valence electrons. The van der Waals surface area contributed by atoms with Crippen molar-refractivity contribution in [2.24, 2.45) is 0 Å². The Labute approximate surface area is 114 Å². The molecule has 2 aromatic rings. The fourth-order valence-electron chi connectivity index (χ4n) is 2.19. The molecule has 1 N–H and O–H groups in total. The Hall–Kier alpha value is -1.20. The van der Waals surface area contributed by atoms with Gasteiger partial charge in [0.25, 0.3) is 5.89 Å². The summed E-state index contributed by atoms with van der Waals surface area (Å²) in [4.78, 5) is 4.49. The van der Waals surface area contributed by atoms with E-state index in [1.165, 1.54) is 12.0 Å². The SMILES string of the molecule is Cc1ccc(Br)c(-c2nc(C3CCCN3)no2)c1. The molecule has 4 nitrogen and oxygen atoms in total. The van der Waals surface area contributed by atoms with Gasteiger partial charge in [-0.25, -0.2) is 0 Å². The van der Waals surface area contributed by atoms with Crippen molar-refractivity contribution in [3.8, 4) is 11.5 Å². The van der Waals surface area contributed by atoms with E-state index in [1.54, 1.807) is 0 Å². The molecule has 1 aliphatic heterocycles. The van der Waals surface area contributed by atoms with Crippen molar-refractivity contribution in [3.05, 3.63) is 34.1 Å². The van der Waals surface area contributed by atoms with Gasteiger partial charge < -0.3 is 9.84 Å². The summed E-state index contributed by atoms with van der Waals surface area (Å²) in [5.41, 5.74) is 2.12. The van der Waals surface area contributed by atoms with E-state index in [2.05, 4.69) is 31.4 Å². The molecule has 1 atom stereocenters. The second kappa shape index (κ2) is 4.82. The zero-order valence-electron chi connectivity index (χ0n) is 10.1. The van der Waals surface area contributed by atoms with E-state index in [1.807, 2.05) is 25.1 Å². The standard InChI is InChI=1S/C13H14BrN3O/c1-8-4-5-10(14)9(7-8)13-16-12(17-18-13)11-3-2-6-15-11/h4-5,7,11,15H,2-3,6H2,1H3. The van der Waals surface area contributed by atoms with E-state index in [9.17, 15) is 0 Å². The van der Waals surface area contributed by atoms with Crippen LogP contribution in [0.4, 0.5) is 0 Å². The lowest BCUT2D eigenvalue weighted by atomic mass is 10.1. The van der Waals surface area contributed by atoms with Gasteiger partial charge in [-0.2, -0.15) is 4.98 Å². The molecule has 0 spiro atoms. The first-order valence-electron chi connectivity index (χ1n) is 6.07. The summed E-state index contributed by atoms with van der Waals surface area (Å²) in [5, 5.41) is 7.44. The molecule has 18 heavy (non-hydrogen) atoms. The number of hydrogen-bond acceptors (Lipinski definition) is 4. The van der Waals surface area contributed by atoms with Gasteiger partial charge in [0.15, 0.2) is 5.82 Å². The number of aryl methyl sites for hydroxylation is 1. The summed E-state index contributed by atoms with van der Waals surface area (Å²) >= 11 is 3.52. The lowest BCUT2D eigenvalue weighted by Gasteiger charge is -2.02. The Morgan fingerprint density at radius 2 is 2.33 bits per heavy atom. The van der Waals surface area contributed by atoms with Crippen LogP contribution < -0.4 is 5.32 Å². The molecule has 1 aromatic heterocycles. The van der Waals surface area contributed by atoms with Crippen LogP contribution in [-0.2, 0) is 0 Å². The molecule has 1 unspecified atom stereocenters. The highest BCUT2D eigenvalue weighted by atomic mass is 79.9. The van der Waals surface area contributed by atoms with Crippen LogP contribution in [-0.4, -0.2) is 16.7 Å². The topological polar surface area (TPSA) is 51.0 Å². The van der Waals surface area contributed by atoms with Crippen LogP contribution in [0, 0.1) is 6.92 Å². The van der Waals surface area contributed by atoms with Crippen molar-refractivity contribution in [2.75, 3.05) is 6.54 Å². The van der Waals surface area contributed by atoms with Crippen LogP contribution in [0.2, 0.25) is 0 Å². The third-order valence-electron chi connectivity index (χ3n) is 3.17. The Morgan fingerprint density at radius 3 is 3.11 bits per heavy atom. The molecule has 5 heteroatoms. The van der Waals surface area contributed by atoms with Crippen molar-refractivity contribution in [1.29, 1.82) is 0 Å². The fourth-order valence-corrected chi connectivity index (χ4v) is 2.61. The maximum Gasteiger partial charge on any atom is 0.259 e. The van der Waals surface area contributed by atoms with Crippen molar-refractivity contribution in [2.45, 2.75) is 25.8 Å². The zero-order chi connectivity index (χ0) is 12.5. The number of rotatable bonds is 2. The van der Waals surface area contributed by atoms with Crippen LogP contribution in [0.25, 0.3) is 11.5 Å². The Morgan fingerprint density at radius 1 is 1.44 bits per heavy atom. The van der Waals surface area contributed by atoms with E-state index < -0.39 is 0 Å². The smallest absolute Gasteiger partial charge is 0.259 e. The molecule has 0 saturated carbocycles. The summed E-state index contributed by atoms with van der Waals surface area (Å²) in [6.07, 6.45) is 2.25. The van der Waals surface area contributed by atoms with Crippen molar-refractivity contribution in [1.82, 2.24) is 15.5 Å². The van der Waals surface area contributed by atoms with E-state index in [-0.39, 0.29) is 6.04 Å². The Balaban J connectivity index is 1.94. The van der Waals surface area contributed by atoms with Crippen LogP contribution in [0.3, 0.4) is 0 Å². The van der Waals surface area contributed by atoms with Gasteiger partial charge in [0.05, 0.1) is 11.6 Å². The van der Waals surface area contributed by atoms with E-state index in [4.69, 9.17) is 4.52 Å². The molecule has 2 heterocycles. The van der Waals surface area contributed by atoms with E-state index in [0.717, 1.165) is 28.8 Å². The summed E-state index contributed by atoms with van der Waals surface area (Å²) < 4.78 is 6.34. The normalized spacial score (nSPS) is 19.3. The van der Waals surface area contributed by atoms with Gasteiger partial charge in [0, 0.05) is 4.47 Å². The van der Waals surface area contributed by atoms with Crippen LogP contribution in [0.1, 0.15) is 30.3 Å². The van der Waals surface area contributed by atoms with Crippen LogP contribution in [0.5, 0.6) is 0 Å². The molecular formula is C13H14BrN3O. The first kappa shape index (κ1) is 11.9. The van der Waals surface area contributed by atoms with Crippen molar-refractivity contribution in [3.63, 3.8) is 0 Å². The van der Waals surface area contributed by atoms with Gasteiger partial charge in [0.2, 0.25) is 0 Å². The van der Waals surface area contributed by atoms with E-state index >= 15 is 0 Å². The first-order valence-corrected chi connectivity index (χ1v) is 6.87. The minimum atomic E-state index is 0.242. The number of aromatic nitrogens is 2.